The molecule has 1 rings (SSSR count). The fourth-order valence-electron chi connectivity index (χ4n) is 1.48. The first kappa shape index (κ1) is 17.6. The van der Waals surface area contributed by atoms with Gasteiger partial charge in [-0.15, -0.1) is 0 Å². The Morgan fingerprint density at radius 3 is 2.41 bits per heavy atom. The minimum atomic E-state index is -0.606. The number of carbonyl (C=O) groups is 3. The largest absolute Gasteiger partial charge is 0.460 e. The minimum absolute atomic E-state index is 0.0681. The molecule has 0 aliphatic heterocycles. The summed E-state index contributed by atoms with van der Waals surface area (Å²) in [4.78, 5) is 33.6. The summed E-state index contributed by atoms with van der Waals surface area (Å²) >= 11 is 0. The Bertz CT molecular complexity index is 546. The minimum Gasteiger partial charge on any atom is -0.460 e. The van der Waals surface area contributed by atoms with Crippen molar-refractivity contribution < 1.29 is 28.6 Å². The van der Waals surface area contributed by atoms with Crippen molar-refractivity contribution in [2.24, 2.45) is 0 Å². The third-order valence-corrected chi connectivity index (χ3v) is 2.72. The first-order valence-corrected chi connectivity index (χ1v) is 6.57. The van der Waals surface area contributed by atoms with E-state index in [9.17, 15) is 14.4 Å². The zero-order valence-corrected chi connectivity index (χ0v) is 12.5. The van der Waals surface area contributed by atoms with E-state index >= 15 is 0 Å². The predicted octanol–water partition coefficient (Wildman–Crippen LogP) is 1.93. The lowest BCUT2D eigenvalue weighted by molar-refractivity contribution is -0.146. The number of ether oxygens (including phenoxy) is 3. The molecule has 6 nitrogen and oxygen atoms in total. The predicted molar refractivity (Wildman–Crippen MR) is 78.7 cm³/mol. The first-order valence-electron chi connectivity index (χ1n) is 6.57. The average Bonchev–Trinajstić information content (AvgIpc) is 2.51. The lowest BCUT2D eigenvalue weighted by atomic mass is 10.2. The van der Waals surface area contributed by atoms with Gasteiger partial charge in [0.25, 0.3) is 0 Å². The molecule has 0 radical (unpaired) electrons. The summed E-state index contributed by atoms with van der Waals surface area (Å²) in [5.74, 6) is -0.749. The standard InChI is InChI=1S/C16H18O6/c1-11(2)16(19)21-10-14(20-3)8-15(18)22-13-6-4-12(9-17)5-7-13/h4-7,9,14H,1,8,10H2,2-3H3. The van der Waals surface area contributed by atoms with E-state index in [1.54, 1.807) is 0 Å². The van der Waals surface area contributed by atoms with Crippen LogP contribution in [-0.2, 0) is 19.1 Å². The van der Waals surface area contributed by atoms with Crippen LogP contribution in [0.1, 0.15) is 23.7 Å². The van der Waals surface area contributed by atoms with Crippen molar-refractivity contribution in [2.45, 2.75) is 19.4 Å². The highest BCUT2D eigenvalue weighted by Crippen LogP contribution is 2.13. The van der Waals surface area contributed by atoms with Crippen LogP contribution in [0.3, 0.4) is 0 Å². The Labute approximate surface area is 128 Å². The molecule has 1 aromatic carbocycles. The Hall–Kier alpha value is -2.47. The molecule has 1 atom stereocenters. The molecule has 0 aliphatic carbocycles. The van der Waals surface area contributed by atoms with Crippen LogP contribution in [0.15, 0.2) is 36.4 Å². The Balaban J connectivity index is 2.48. The highest BCUT2D eigenvalue weighted by atomic mass is 16.6. The van der Waals surface area contributed by atoms with Crippen molar-refractivity contribution in [3.63, 3.8) is 0 Å². The van der Waals surface area contributed by atoms with E-state index in [-0.39, 0.29) is 18.6 Å². The van der Waals surface area contributed by atoms with Gasteiger partial charge in [0, 0.05) is 18.2 Å². The third kappa shape index (κ3) is 5.88. The summed E-state index contributed by atoms with van der Waals surface area (Å²) in [6.07, 6.45) is 0.0165. The van der Waals surface area contributed by atoms with Crippen molar-refractivity contribution in [3.8, 4) is 5.75 Å². The highest BCUT2D eigenvalue weighted by Gasteiger charge is 2.17. The molecule has 0 saturated carbocycles. The van der Waals surface area contributed by atoms with Crippen LogP contribution >= 0.6 is 0 Å². The number of carbonyl (C=O) groups excluding carboxylic acids is 3. The van der Waals surface area contributed by atoms with Gasteiger partial charge >= 0.3 is 11.9 Å². The van der Waals surface area contributed by atoms with Gasteiger partial charge in [0.2, 0.25) is 0 Å². The lowest BCUT2D eigenvalue weighted by Crippen LogP contribution is -2.26. The van der Waals surface area contributed by atoms with E-state index in [0.717, 1.165) is 0 Å². The van der Waals surface area contributed by atoms with Crippen LogP contribution in [0.4, 0.5) is 0 Å². The molecule has 1 aromatic rings. The molecular weight excluding hydrogens is 288 g/mol. The molecule has 22 heavy (non-hydrogen) atoms. The maximum absolute atomic E-state index is 11.8. The average molecular weight is 306 g/mol. The summed E-state index contributed by atoms with van der Waals surface area (Å²) < 4.78 is 15.1. The maximum atomic E-state index is 11.8. The fraction of sp³-hybridized carbons (Fsp3) is 0.312. The monoisotopic (exact) mass is 306 g/mol. The number of methoxy groups -OCH3 is 1. The second-order valence-corrected chi connectivity index (χ2v) is 4.60. The number of aldehydes is 1. The smallest absolute Gasteiger partial charge is 0.333 e. The molecular formula is C16H18O6. The molecule has 0 fully saturated rings. The van der Waals surface area contributed by atoms with Crippen LogP contribution in [0.2, 0.25) is 0 Å². The fourth-order valence-corrected chi connectivity index (χ4v) is 1.48. The molecule has 0 heterocycles. The number of rotatable bonds is 8. The molecule has 0 spiro atoms. The van der Waals surface area contributed by atoms with E-state index in [1.807, 2.05) is 0 Å². The molecule has 0 saturated heterocycles. The van der Waals surface area contributed by atoms with Gasteiger partial charge in [0.15, 0.2) is 0 Å². The van der Waals surface area contributed by atoms with Gasteiger partial charge in [-0.3, -0.25) is 9.59 Å². The van der Waals surface area contributed by atoms with Gasteiger partial charge in [-0.05, 0) is 31.2 Å². The molecule has 6 heteroatoms. The summed E-state index contributed by atoms with van der Waals surface area (Å²) in [6.45, 7) is 4.92. The van der Waals surface area contributed by atoms with Crippen LogP contribution in [0.25, 0.3) is 0 Å². The number of hydrogen-bond donors (Lipinski definition) is 0. The summed E-state index contributed by atoms with van der Waals surface area (Å²) in [6, 6.07) is 6.12. The van der Waals surface area contributed by atoms with Crippen molar-refractivity contribution in [2.75, 3.05) is 13.7 Å². The normalized spacial score (nSPS) is 11.4. The second-order valence-electron chi connectivity index (χ2n) is 4.60. The van der Waals surface area contributed by atoms with Gasteiger partial charge in [0.1, 0.15) is 24.7 Å². The molecule has 0 amide bonds. The molecule has 118 valence electrons. The Morgan fingerprint density at radius 2 is 1.91 bits per heavy atom. The number of benzene rings is 1. The summed E-state index contributed by atoms with van der Waals surface area (Å²) in [5.41, 5.74) is 0.758. The third-order valence-electron chi connectivity index (χ3n) is 2.72. The van der Waals surface area contributed by atoms with Gasteiger partial charge in [-0.25, -0.2) is 4.79 Å². The van der Waals surface area contributed by atoms with Crippen molar-refractivity contribution in [3.05, 3.63) is 42.0 Å². The van der Waals surface area contributed by atoms with E-state index in [1.165, 1.54) is 38.3 Å². The van der Waals surface area contributed by atoms with E-state index in [2.05, 4.69) is 6.58 Å². The van der Waals surface area contributed by atoms with Crippen LogP contribution in [0, 0.1) is 0 Å². The molecule has 0 bridgehead atoms. The molecule has 1 unspecified atom stereocenters. The van der Waals surface area contributed by atoms with Gasteiger partial charge < -0.3 is 14.2 Å². The topological polar surface area (TPSA) is 78.9 Å². The Morgan fingerprint density at radius 1 is 1.27 bits per heavy atom. The SMILES string of the molecule is C=C(C)C(=O)OCC(CC(=O)Oc1ccc(C=O)cc1)OC. The van der Waals surface area contributed by atoms with Crippen molar-refractivity contribution in [1.29, 1.82) is 0 Å². The Kier molecular flexibility index (Phi) is 6.98. The zero-order chi connectivity index (χ0) is 16.5. The zero-order valence-electron chi connectivity index (χ0n) is 12.5. The van der Waals surface area contributed by atoms with Crippen molar-refractivity contribution in [1.82, 2.24) is 0 Å². The second kappa shape index (κ2) is 8.74. The first-order chi connectivity index (χ1) is 10.5. The maximum Gasteiger partial charge on any atom is 0.333 e. The highest BCUT2D eigenvalue weighted by molar-refractivity contribution is 5.87. The molecule has 0 aliphatic rings. The van der Waals surface area contributed by atoms with E-state index in [0.29, 0.717) is 17.6 Å². The van der Waals surface area contributed by atoms with Gasteiger partial charge in [0.05, 0.1) is 6.42 Å². The van der Waals surface area contributed by atoms with E-state index < -0.39 is 18.0 Å². The number of hydrogen-bond acceptors (Lipinski definition) is 6. The number of esters is 2. The summed E-state index contributed by atoms with van der Waals surface area (Å²) in [7, 11) is 1.41. The van der Waals surface area contributed by atoms with Crippen LogP contribution < -0.4 is 4.74 Å². The van der Waals surface area contributed by atoms with Crippen LogP contribution in [0.5, 0.6) is 5.75 Å². The lowest BCUT2D eigenvalue weighted by Gasteiger charge is -2.14. The molecule has 0 N–H and O–H groups in total. The van der Waals surface area contributed by atoms with Crippen molar-refractivity contribution >= 4 is 18.2 Å². The molecule has 0 aromatic heterocycles. The van der Waals surface area contributed by atoms with Gasteiger partial charge in [-0.2, -0.15) is 0 Å². The van der Waals surface area contributed by atoms with Crippen LogP contribution in [-0.4, -0.2) is 38.0 Å². The quantitative estimate of drug-likeness (QED) is 0.316. The van der Waals surface area contributed by atoms with Gasteiger partial charge in [-0.1, -0.05) is 6.58 Å². The van der Waals surface area contributed by atoms with E-state index in [4.69, 9.17) is 14.2 Å². The summed E-state index contributed by atoms with van der Waals surface area (Å²) in [5, 5.41) is 0.